The van der Waals surface area contributed by atoms with Crippen molar-refractivity contribution in [2.75, 3.05) is 41.7 Å². The van der Waals surface area contributed by atoms with Crippen LogP contribution in [0.2, 0.25) is 0 Å². The van der Waals surface area contributed by atoms with Crippen LogP contribution in [0.1, 0.15) is 31.1 Å². The molecule has 3 rings (SSSR count). The fourth-order valence-electron chi connectivity index (χ4n) is 3.26. The summed E-state index contributed by atoms with van der Waals surface area (Å²) in [6.45, 7) is -0.767. The summed E-state index contributed by atoms with van der Waals surface area (Å²) in [5.74, 6) is -0.526. The summed E-state index contributed by atoms with van der Waals surface area (Å²) in [6.07, 6.45) is -1.10. The van der Waals surface area contributed by atoms with Crippen molar-refractivity contribution in [1.82, 2.24) is 0 Å². The first-order valence-electron chi connectivity index (χ1n) is 11.4. The van der Waals surface area contributed by atoms with Crippen LogP contribution in [-0.2, 0) is 14.2 Å². The van der Waals surface area contributed by atoms with Gasteiger partial charge in [-0.2, -0.15) is 0 Å². The molecule has 10 nitrogen and oxygen atoms in total. The number of benzene rings is 3. The molecule has 200 valence electrons. The molecule has 3 aromatic rings. The molecule has 0 unspecified atom stereocenters. The molecule has 0 atom stereocenters. The van der Waals surface area contributed by atoms with Crippen LogP contribution < -0.4 is 18.9 Å². The lowest BCUT2D eigenvalue weighted by molar-refractivity contribution is -0.0254. The van der Waals surface area contributed by atoms with E-state index in [1.54, 1.807) is 42.5 Å². The summed E-state index contributed by atoms with van der Waals surface area (Å²) in [7, 11) is 5.81. The molecule has 0 saturated heterocycles. The van der Waals surface area contributed by atoms with E-state index in [9.17, 15) is 14.4 Å². The molecule has 0 fully saturated rings. The van der Waals surface area contributed by atoms with E-state index < -0.39 is 24.0 Å². The second-order valence-electron chi connectivity index (χ2n) is 7.79. The van der Waals surface area contributed by atoms with Gasteiger partial charge in [0.2, 0.25) is 0 Å². The van der Waals surface area contributed by atoms with Crippen LogP contribution in [0.3, 0.4) is 0 Å². The van der Waals surface area contributed by atoms with Crippen molar-refractivity contribution in [3.8, 4) is 23.0 Å². The third-order valence-corrected chi connectivity index (χ3v) is 5.26. The zero-order valence-corrected chi connectivity index (χ0v) is 21.4. The zero-order chi connectivity index (χ0) is 27.5. The highest BCUT2D eigenvalue weighted by Crippen LogP contribution is 2.24. The van der Waals surface area contributed by atoms with Gasteiger partial charge >= 0.3 is 17.9 Å². The van der Waals surface area contributed by atoms with Gasteiger partial charge in [0.05, 0.1) is 45.1 Å². The van der Waals surface area contributed by atoms with Crippen LogP contribution in [0.5, 0.6) is 23.0 Å². The van der Waals surface area contributed by atoms with Crippen molar-refractivity contribution in [2.24, 2.45) is 0 Å². The van der Waals surface area contributed by atoms with Gasteiger partial charge in [-0.15, -0.1) is 0 Å². The van der Waals surface area contributed by atoms with E-state index in [2.05, 4.69) is 0 Å². The number of hydrogen-bond acceptors (Lipinski definition) is 10. The van der Waals surface area contributed by atoms with Crippen molar-refractivity contribution in [1.29, 1.82) is 0 Å². The summed E-state index contributed by atoms with van der Waals surface area (Å²) in [5, 5.41) is 0. The molecule has 38 heavy (non-hydrogen) atoms. The van der Waals surface area contributed by atoms with Gasteiger partial charge in [-0.05, 0) is 36.4 Å². The van der Waals surface area contributed by atoms with Gasteiger partial charge in [-0.25, -0.2) is 14.4 Å². The third kappa shape index (κ3) is 7.63. The third-order valence-electron chi connectivity index (χ3n) is 5.26. The lowest BCUT2D eigenvalue weighted by Crippen LogP contribution is -2.31. The molecule has 0 aliphatic rings. The standard InChI is InChI=1S/C28H28O10/c1-32-21-10-19(11-22(14-21)33-2)26(29)36-16-25(38-28(31)18-8-6-5-7-9-18)17-37-27(30)20-12-23(34-3)15-24(13-20)35-4/h5-15,25H,16-17H2,1-4H3. The Kier molecular flexibility index (Phi) is 9.93. The summed E-state index contributed by atoms with van der Waals surface area (Å²) < 4.78 is 37.0. The molecule has 0 N–H and O–H groups in total. The van der Waals surface area contributed by atoms with Crippen LogP contribution >= 0.6 is 0 Å². The van der Waals surface area contributed by atoms with Crippen molar-refractivity contribution in [2.45, 2.75) is 6.10 Å². The van der Waals surface area contributed by atoms with Gasteiger partial charge in [-0.3, -0.25) is 0 Å². The number of rotatable bonds is 12. The van der Waals surface area contributed by atoms with Crippen LogP contribution in [0.4, 0.5) is 0 Å². The molecule has 0 aliphatic carbocycles. The van der Waals surface area contributed by atoms with Crippen LogP contribution in [0.25, 0.3) is 0 Å². The maximum absolute atomic E-state index is 12.7. The molecule has 0 saturated carbocycles. The molecule has 0 amide bonds. The first-order valence-corrected chi connectivity index (χ1v) is 11.4. The number of ether oxygens (including phenoxy) is 7. The number of carbonyl (C=O) groups is 3. The van der Waals surface area contributed by atoms with E-state index in [0.29, 0.717) is 23.0 Å². The fraction of sp³-hybridized carbons (Fsp3) is 0.250. The normalized spacial score (nSPS) is 10.3. The van der Waals surface area contributed by atoms with E-state index in [-0.39, 0.29) is 29.9 Å². The number of carbonyl (C=O) groups excluding carboxylic acids is 3. The Balaban J connectivity index is 1.73. The monoisotopic (exact) mass is 524 g/mol. The molecule has 0 spiro atoms. The molecule has 10 heteroatoms. The van der Waals surface area contributed by atoms with Gasteiger partial charge in [0.25, 0.3) is 0 Å². The van der Waals surface area contributed by atoms with E-state index in [4.69, 9.17) is 33.2 Å². The maximum atomic E-state index is 12.7. The Bertz CT molecular complexity index is 1140. The largest absolute Gasteiger partial charge is 0.497 e. The smallest absolute Gasteiger partial charge is 0.338 e. The lowest BCUT2D eigenvalue weighted by atomic mass is 10.2. The van der Waals surface area contributed by atoms with Crippen LogP contribution in [0.15, 0.2) is 66.7 Å². The topological polar surface area (TPSA) is 116 Å². The Morgan fingerprint density at radius 1 is 0.553 bits per heavy atom. The zero-order valence-electron chi connectivity index (χ0n) is 21.4. The first kappa shape index (κ1) is 27.9. The SMILES string of the molecule is COc1cc(OC)cc(C(=O)OCC(COC(=O)c2cc(OC)cc(OC)c2)OC(=O)c2ccccc2)c1. The highest BCUT2D eigenvalue weighted by atomic mass is 16.6. The quantitative estimate of drug-likeness (QED) is 0.255. The molecule has 3 aromatic carbocycles. The van der Waals surface area contributed by atoms with Crippen LogP contribution in [-0.4, -0.2) is 65.7 Å². The summed E-state index contributed by atoms with van der Waals surface area (Å²) in [4.78, 5) is 38.1. The molecular weight excluding hydrogens is 496 g/mol. The fourth-order valence-corrected chi connectivity index (χ4v) is 3.26. The average Bonchev–Trinajstić information content (AvgIpc) is 2.97. The van der Waals surface area contributed by atoms with Gasteiger partial charge in [0.1, 0.15) is 36.2 Å². The first-order chi connectivity index (χ1) is 18.4. The Morgan fingerprint density at radius 2 is 0.947 bits per heavy atom. The highest BCUT2D eigenvalue weighted by molar-refractivity contribution is 5.91. The van der Waals surface area contributed by atoms with Crippen molar-refractivity contribution < 1.29 is 47.5 Å². The van der Waals surface area contributed by atoms with Crippen molar-refractivity contribution in [3.05, 3.63) is 83.4 Å². The van der Waals surface area contributed by atoms with E-state index in [1.807, 2.05) is 0 Å². The summed E-state index contributed by atoms with van der Waals surface area (Å²) >= 11 is 0. The molecule has 0 aliphatic heterocycles. The van der Waals surface area contributed by atoms with E-state index >= 15 is 0 Å². The second-order valence-corrected chi connectivity index (χ2v) is 7.79. The predicted molar refractivity (Wildman–Crippen MR) is 135 cm³/mol. The summed E-state index contributed by atoms with van der Waals surface area (Å²) in [6, 6.07) is 17.4. The van der Waals surface area contributed by atoms with Crippen LogP contribution in [0, 0.1) is 0 Å². The Labute approximate surface area is 219 Å². The molecule has 0 radical (unpaired) electrons. The molecule has 0 bridgehead atoms. The van der Waals surface area contributed by atoms with E-state index in [0.717, 1.165) is 0 Å². The predicted octanol–water partition coefficient (Wildman–Crippen LogP) is 3.96. The van der Waals surface area contributed by atoms with Gasteiger partial charge in [0.15, 0.2) is 6.10 Å². The number of methoxy groups -OCH3 is 4. The van der Waals surface area contributed by atoms with Gasteiger partial charge in [-0.1, -0.05) is 18.2 Å². The lowest BCUT2D eigenvalue weighted by Gasteiger charge is -2.18. The maximum Gasteiger partial charge on any atom is 0.338 e. The average molecular weight is 525 g/mol. The van der Waals surface area contributed by atoms with Gasteiger partial charge < -0.3 is 33.2 Å². The Hall–Kier alpha value is -4.73. The van der Waals surface area contributed by atoms with Crippen molar-refractivity contribution >= 4 is 17.9 Å². The number of hydrogen-bond donors (Lipinski definition) is 0. The molecule has 0 heterocycles. The second kappa shape index (κ2) is 13.5. The summed E-state index contributed by atoms with van der Waals surface area (Å²) in [5.41, 5.74) is 0.606. The minimum atomic E-state index is -1.10. The molecule has 0 aromatic heterocycles. The van der Waals surface area contributed by atoms with Crippen molar-refractivity contribution in [3.63, 3.8) is 0 Å². The minimum absolute atomic E-state index is 0.162. The molecular formula is C28H28O10. The highest BCUT2D eigenvalue weighted by Gasteiger charge is 2.22. The van der Waals surface area contributed by atoms with E-state index in [1.165, 1.54) is 52.7 Å². The Morgan fingerprint density at radius 3 is 1.32 bits per heavy atom. The van der Waals surface area contributed by atoms with Gasteiger partial charge in [0, 0.05) is 12.1 Å². The minimum Gasteiger partial charge on any atom is -0.497 e. The number of esters is 3.